The van der Waals surface area contributed by atoms with Gasteiger partial charge >= 0.3 is 6.18 Å². The van der Waals surface area contributed by atoms with Gasteiger partial charge in [-0.25, -0.2) is 17.9 Å². The van der Waals surface area contributed by atoms with Crippen LogP contribution in [0.4, 0.5) is 13.2 Å². The Bertz CT molecular complexity index is 1470. The van der Waals surface area contributed by atoms with Crippen LogP contribution in [-0.4, -0.2) is 45.4 Å². The van der Waals surface area contributed by atoms with Crippen LogP contribution in [0.15, 0.2) is 59.8 Å². The van der Waals surface area contributed by atoms with Crippen LogP contribution in [0.25, 0.3) is 28.2 Å². The molecule has 178 valence electrons. The summed E-state index contributed by atoms with van der Waals surface area (Å²) in [5.74, 6) is 0. The predicted molar refractivity (Wildman–Crippen MR) is 122 cm³/mol. The molecule has 34 heavy (non-hydrogen) atoms. The first-order valence-corrected chi connectivity index (χ1v) is 12.1. The highest BCUT2D eigenvalue weighted by atomic mass is 35.5. The molecule has 0 radical (unpaired) electrons. The highest BCUT2D eigenvalue weighted by Gasteiger charge is 2.36. The van der Waals surface area contributed by atoms with Gasteiger partial charge in [-0.15, -0.1) is 0 Å². The number of imidazole rings is 1. The summed E-state index contributed by atoms with van der Waals surface area (Å²) in [5, 5.41) is 4.35. The Morgan fingerprint density at radius 3 is 2.47 bits per heavy atom. The monoisotopic (exact) mass is 509 g/mol. The van der Waals surface area contributed by atoms with E-state index in [2.05, 4.69) is 15.1 Å². The Balaban J connectivity index is 1.79. The van der Waals surface area contributed by atoms with Crippen molar-refractivity contribution < 1.29 is 21.6 Å². The van der Waals surface area contributed by atoms with Crippen molar-refractivity contribution in [1.82, 2.24) is 23.9 Å². The molecule has 0 saturated carbocycles. The molecule has 0 fully saturated rings. The lowest BCUT2D eigenvalue weighted by atomic mass is 10.1. The quantitative estimate of drug-likeness (QED) is 0.358. The summed E-state index contributed by atoms with van der Waals surface area (Å²) >= 11 is 6.20. The van der Waals surface area contributed by atoms with Crippen LogP contribution in [0.2, 0.25) is 5.02 Å². The first-order chi connectivity index (χ1) is 16.1. The average Bonchev–Trinajstić information content (AvgIpc) is 3.22. The molecule has 0 saturated heterocycles. The molecule has 0 N–H and O–H groups in total. The van der Waals surface area contributed by atoms with Gasteiger partial charge in [0.2, 0.25) is 10.0 Å². The molecule has 7 nitrogen and oxygen atoms in total. The second-order valence-electron chi connectivity index (χ2n) is 7.28. The molecule has 0 bridgehead atoms. The summed E-state index contributed by atoms with van der Waals surface area (Å²) in [6.07, 6.45) is -2.05. The van der Waals surface area contributed by atoms with Crippen molar-refractivity contribution >= 4 is 27.3 Å². The fourth-order valence-electron chi connectivity index (χ4n) is 3.57. The molecule has 3 aromatic heterocycles. The summed E-state index contributed by atoms with van der Waals surface area (Å²) < 4.78 is 68.7. The molecule has 0 spiro atoms. The van der Waals surface area contributed by atoms with Gasteiger partial charge in [0, 0.05) is 30.4 Å². The van der Waals surface area contributed by atoms with Gasteiger partial charge in [-0.05, 0) is 36.4 Å². The first-order valence-electron chi connectivity index (χ1n) is 10.2. The van der Waals surface area contributed by atoms with Crippen molar-refractivity contribution in [3.63, 3.8) is 0 Å². The van der Waals surface area contributed by atoms with Crippen molar-refractivity contribution in [2.45, 2.75) is 24.9 Å². The SMILES string of the molecule is CCN(CC)S(=O)(=O)c1cc(-c2cn3nc(-c4cccnc4C(F)(F)F)ccc3n2)ccc1Cl. The van der Waals surface area contributed by atoms with E-state index in [0.717, 1.165) is 6.20 Å². The van der Waals surface area contributed by atoms with Crippen LogP contribution in [0.5, 0.6) is 0 Å². The van der Waals surface area contributed by atoms with Gasteiger partial charge in [0.15, 0.2) is 11.3 Å². The van der Waals surface area contributed by atoms with Crippen molar-refractivity contribution in [3.8, 4) is 22.5 Å². The summed E-state index contributed by atoms with van der Waals surface area (Å²) in [6, 6.07) is 10.2. The van der Waals surface area contributed by atoms with Gasteiger partial charge in [0.05, 0.1) is 22.6 Å². The van der Waals surface area contributed by atoms with Crippen molar-refractivity contribution in [2.24, 2.45) is 0 Å². The molecular formula is C22H19ClF3N5O2S. The van der Waals surface area contributed by atoms with E-state index in [1.807, 2.05) is 0 Å². The zero-order chi connectivity index (χ0) is 24.7. The number of hydrogen-bond donors (Lipinski definition) is 0. The van der Waals surface area contributed by atoms with E-state index < -0.39 is 21.9 Å². The second kappa shape index (κ2) is 8.97. The number of fused-ring (bicyclic) bond motifs is 1. The van der Waals surface area contributed by atoms with Gasteiger partial charge in [0.25, 0.3) is 0 Å². The Kier molecular flexibility index (Phi) is 6.36. The summed E-state index contributed by atoms with van der Waals surface area (Å²) in [7, 11) is -3.82. The van der Waals surface area contributed by atoms with Crippen molar-refractivity contribution in [3.05, 3.63) is 65.6 Å². The third kappa shape index (κ3) is 4.38. The van der Waals surface area contributed by atoms with Crippen LogP contribution in [0, 0.1) is 0 Å². The molecule has 0 unspecified atom stereocenters. The molecule has 12 heteroatoms. The van der Waals surface area contributed by atoms with Gasteiger partial charge in [0.1, 0.15) is 4.90 Å². The highest BCUT2D eigenvalue weighted by molar-refractivity contribution is 7.89. The van der Waals surface area contributed by atoms with E-state index in [9.17, 15) is 21.6 Å². The van der Waals surface area contributed by atoms with Crippen LogP contribution in [0.3, 0.4) is 0 Å². The van der Waals surface area contributed by atoms with E-state index in [-0.39, 0.29) is 34.3 Å². The fraction of sp³-hybridized carbons (Fsp3) is 0.227. The summed E-state index contributed by atoms with van der Waals surface area (Å²) in [4.78, 5) is 7.85. The Morgan fingerprint density at radius 2 is 1.79 bits per heavy atom. The molecule has 4 rings (SSSR count). The van der Waals surface area contributed by atoms with Gasteiger partial charge in [-0.3, -0.25) is 4.98 Å². The fourth-order valence-corrected chi connectivity index (χ4v) is 5.52. The normalized spacial score (nSPS) is 12.6. The summed E-state index contributed by atoms with van der Waals surface area (Å²) in [5.41, 5.74) is 0.105. The number of nitrogens with zero attached hydrogens (tertiary/aromatic N) is 5. The lowest BCUT2D eigenvalue weighted by Crippen LogP contribution is -2.30. The predicted octanol–water partition coefficient (Wildman–Crippen LogP) is 5.16. The Labute approximate surface area is 198 Å². The molecule has 1 aromatic carbocycles. The van der Waals surface area contributed by atoms with Gasteiger partial charge in [-0.1, -0.05) is 31.5 Å². The molecule has 0 aliphatic rings. The lowest BCUT2D eigenvalue weighted by Gasteiger charge is -2.19. The van der Waals surface area contributed by atoms with Crippen LogP contribution in [0.1, 0.15) is 19.5 Å². The molecule has 0 aliphatic heterocycles. The first kappa shape index (κ1) is 24.1. The minimum atomic E-state index is -4.64. The van der Waals surface area contributed by atoms with E-state index in [1.54, 1.807) is 19.9 Å². The number of hydrogen-bond acceptors (Lipinski definition) is 5. The maximum atomic E-state index is 13.4. The number of pyridine rings is 1. The molecule has 3 heterocycles. The smallest absolute Gasteiger partial charge is 0.251 e. The third-order valence-corrected chi connectivity index (χ3v) is 7.75. The number of alkyl halides is 3. The largest absolute Gasteiger partial charge is 0.434 e. The Morgan fingerprint density at radius 1 is 1.06 bits per heavy atom. The van der Waals surface area contributed by atoms with Crippen molar-refractivity contribution in [1.29, 1.82) is 0 Å². The van der Waals surface area contributed by atoms with E-state index in [1.165, 1.54) is 51.4 Å². The number of sulfonamides is 1. The number of aromatic nitrogens is 4. The average molecular weight is 510 g/mol. The molecule has 0 atom stereocenters. The van der Waals surface area contributed by atoms with Crippen LogP contribution in [-0.2, 0) is 16.2 Å². The molecule has 0 aliphatic carbocycles. The van der Waals surface area contributed by atoms with E-state index in [4.69, 9.17) is 11.6 Å². The summed E-state index contributed by atoms with van der Waals surface area (Å²) in [6.45, 7) is 4.04. The van der Waals surface area contributed by atoms with E-state index >= 15 is 0 Å². The standard InChI is InChI=1S/C22H19ClF3N5O2S/c1-3-30(4-2)34(32,33)19-12-14(7-8-16(19)23)18-13-31-20(28-18)10-9-17(29-31)15-6-5-11-27-21(15)22(24,25)26/h5-13H,3-4H2,1-2H3. The minimum Gasteiger partial charge on any atom is -0.251 e. The maximum absolute atomic E-state index is 13.4. The third-order valence-electron chi connectivity index (χ3n) is 5.22. The minimum absolute atomic E-state index is 0.0498. The number of halogens is 4. The topological polar surface area (TPSA) is 80.5 Å². The van der Waals surface area contributed by atoms with Gasteiger partial charge in [-0.2, -0.15) is 22.6 Å². The lowest BCUT2D eigenvalue weighted by molar-refractivity contribution is -0.140. The Hall–Kier alpha value is -3.02. The molecule has 0 amide bonds. The van der Waals surface area contributed by atoms with Crippen LogP contribution >= 0.6 is 11.6 Å². The zero-order valence-electron chi connectivity index (χ0n) is 18.1. The van der Waals surface area contributed by atoms with Gasteiger partial charge < -0.3 is 0 Å². The maximum Gasteiger partial charge on any atom is 0.434 e. The zero-order valence-corrected chi connectivity index (χ0v) is 19.7. The van der Waals surface area contributed by atoms with Crippen LogP contribution < -0.4 is 0 Å². The number of rotatable bonds is 6. The highest BCUT2D eigenvalue weighted by Crippen LogP contribution is 2.35. The number of benzene rings is 1. The second-order valence-corrected chi connectivity index (χ2v) is 9.59. The molecular weight excluding hydrogens is 491 g/mol. The molecule has 4 aromatic rings. The van der Waals surface area contributed by atoms with E-state index in [0.29, 0.717) is 16.9 Å². The van der Waals surface area contributed by atoms with Crippen molar-refractivity contribution in [2.75, 3.05) is 13.1 Å².